The molecule has 33 heavy (non-hydrogen) atoms. The topological polar surface area (TPSA) is 67.8 Å². The minimum absolute atomic E-state index is 0.0579. The fourth-order valence-corrected chi connectivity index (χ4v) is 4.73. The molecule has 1 fully saturated rings. The van der Waals surface area contributed by atoms with Crippen LogP contribution in [0.3, 0.4) is 0 Å². The van der Waals surface area contributed by atoms with Gasteiger partial charge in [0.15, 0.2) is 17.3 Å². The summed E-state index contributed by atoms with van der Waals surface area (Å²) < 4.78 is 10.8. The molecule has 0 radical (unpaired) electrons. The zero-order chi connectivity index (χ0) is 22.8. The molecule has 0 N–H and O–H groups in total. The standard InChI is InChI=1S/C26H28N4O3/c1-32-24-9-8-18(16-25(24)33-2)19-14-22-21(23(31)15-19)17-27-26(28-22)30-12-10-29(11-13-30)20-6-4-3-5-7-20/h3-9,16-17,19H,10-15H2,1-2H3/t19-/m0/s1. The van der Waals surface area contributed by atoms with Crippen LogP contribution in [0.25, 0.3) is 0 Å². The number of hydrogen-bond donors (Lipinski definition) is 0. The van der Waals surface area contributed by atoms with Crippen molar-refractivity contribution in [3.8, 4) is 11.5 Å². The zero-order valence-electron chi connectivity index (χ0n) is 19.0. The number of ketones is 1. The number of nitrogens with zero attached hydrogens (tertiary/aromatic N) is 4. The van der Waals surface area contributed by atoms with Crippen molar-refractivity contribution in [1.82, 2.24) is 9.97 Å². The smallest absolute Gasteiger partial charge is 0.225 e. The number of methoxy groups -OCH3 is 2. The van der Waals surface area contributed by atoms with Crippen molar-refractivity contribution in [2.24, 2.45) is 0 Å². The minimum atomic E-state index is 0.0579. The highest BCUT2D eigenvalue weighted by Crippen LogP contribution is 2.36. The first-order valence-corrected chi connectivity index (χ1v) is 11.3. The summed E-state index contributed by atoms with van der Waals surface area (Å²) in [7, 11) is 3.25. The number of fused-ring (bicyclic) bond motifs is 1. The summed E-state index contributed by atoms with van der Waals surface area (Å²) in [6, 6.07) is 16.3. The Morgan fingerprint density at radius 3 is 2.33 bits per heavy atom. The normalized spacial score (nSPS) is 18.1. The fourth-order valence-electron chi connectivity index (χ4n) is 4.73. The molecular weight excluding hydrogens is 416 g/mol. The Kier molecular flexibility index (Phi) is 5.86. The van der Waals surface area contributed by atoms with E-state index in [2.05, 4.69) is 39.0 Å². The number of carbonyl (C=O) groups excluding carboxylic acids is 1. The van der Waals surface area contributed by atoms with Gasteiger partial charge in [0, 0.05) is 44.5 Å². The van der Waals surface area contributed by atoms with Gasteiger partial charge >= 0.3 is 0 Å². The van der Waals surface area contributed by atoms with Crippen LogP contribution in [0.15, 0.2) is 54.7 Å². The molecule has 2 aliphatic rings. The van der Waals surface area contributed by atoms with Gasteiger partial charge in [-0.15, -0.1) is 0 Å². The maximum absolute atomic E-state index is 12.9. The highest BCUT2D eigenvalue weighted by molar-refractivity contribution is 5.98. The van der Waals surface area contributed by atoms with Crippen molar-refractivity contribution in [2.45, 2.75) is 18.8 Å². The molecule has 1 aliphatic heterocycles. The summed E-state index contributed by atoms with van der Waals surface area (Å²) >= 11 is 0. The van der Waals surface area contributed by atoms with E-state index in [1.165, 1.54) is 5.69 Å². The van der Waals surface area contributed by atoms with E-state index >= 15 is 0 Å². The van der Waals surface area contributed by atoms with E-state index < -0.39 is 0 Å². The number of para-hydroxylation sites is 1. The number of Topliss-reactive ketones (excluding diaryl/α,β-unsaturated/α-hetero) is 1. The molecule has 0 spiro atoms. The third-order valence-corrected chi connectivity index (χ3v) is 6.59. The first-order chi connectivity index (χ1) is 16.2. The second kappa shape index (κ2) is 9.10. The average molecular weight is 445 g/mol. The highest BCUT2D eigenvalue weighted by atomic mass is 16.5. The average Bonchev–Trinajstić information content (AvgIpc) is 2.88. The third-order valence-electron chi connectivity index (χ3n) is 6.59. The van der Waals surface area contributed by atoms with E-state index in [0.29, 0.717) is 35.9 Å². The SMILES string of the molecule is COc1ccc([C@@H]2CC(=O)c3cnc(N4CCN(c5ccccc5)CC4)nc3C2)cc1OC. The molecule has 2 heterocycles. The predicted octanol–water partition coefficient (Wildman–Crippen LogP) is 3.73. The van der Waals surface area contributed by atoms with E-state index in [9.17, 15) is 4.79 Å². The van der Waals surface area contributed by atoms with Crippen LogP contribution >= 0.6 is 0 Å². The molecular formula is C26H28N4O3. The Balaban J connectivity index is 1.33. The second-order valence-electron chi connectivity index (χ2n) is 8.48. The quantitative estimate of drug-likeness (QED) is 0.594. The molecule has 1 aliphatic carbocycles. The Labute approximate surface area is 194 Å². The summed E-state index contributed by atoms with van der Waals surface area (Å²) in [4.78, 5) is 26.9. The van der Waals surface area contributed by atoms with Crippen LogP contribution < -0.4 is 19.3 Å². The van der Waals surface area contributed by atoms with E-state index in [1.54, 1.807) is 20.4 Å². The number of benzene rings is 2. The lowest BCUT2D eigenvalue weighted by Gasteiger charge is -2.36. The summed E-state index contributed by atoms with van der Waals surface area (Å²) in [5.74, 6) is 2.22. The molecule has 7 heteroatoms. The molecule has 7 nitrogen and oxygen atoms in total. The molecule has 0 amide bonds. The van der Waals surface area contributed by atoms with Crippen LogP contribution in [0.4, 0.5) is 11.6 Å². The van der Waals surface area contributed by atoms with Crippen molar-refractivity contribution in [1.29, 1.82) is 0 Å². The largest absolute Gasteiger partial charge is 0.493 e. The van der Waals surface area contributed by atoms with Crippen molar-refractivity contribution >= 4 is 17.4 Å². The zero-order valence-corrected chi connectivity index (χ0v) is 19.0. The van der Waals surface area contributed by atoms with Crippen LogP contribution in [0, 0.1) is 0 Å². The van der Waals surface area contributed by atoms with Gasteiger partial charge in [-0.3, -0.25) is 4.79 Å². The lowest BCUT2D eigenvalue weighted by molar-refractivity contribution is 0.0962. The number of anilines is 2. The predicted molar refractivity (Wildman–Crippen MR) is 128 cm³/mol. The molecule has 3 aromatic rings. The third kappa shape index (κ3) is 4.23. The molecule has 0 unspecified atom stereocenters. The van der Waals surface area contributed by atoms with Crippen LogP contribution in [-0.2, 0) is 6.42 Å². The Bertz CT molecular complexity index is 1140. The molecule has 5 rings (SSSR count). The van der Waals surface area contributed by atoms with Crippen LogP contribution in [0.2, 0.25) is 0 Å². The van der Waals surface area contributed by atoms with Gasteiger partial charge in [0.25, 0.3) is 0 Å². The van der Waals surface area contributed by atoms with E-state index in [-0.39, 0.29) is 11.7 Å². The van der Waals surface area contributed by atoms with Gasteiger partial charge in [-0.05, 0) is 42.2 Å². The number of rotatable bonds is 5. The summed E-state index contributed by atoms with van der Waals surface area (Å²) in [5, 5.41) is 0. The minimum Gasteiger partial charge on any atom is -0.493 e. The van der Waals surface area contributed by atoms with Gasteiger partial charge in [0.1, 0.15) is 0 Å². The molecule has 170 valence electrons. The van der Waals surface area contributed by atoms with E-state index in [0.717, 1.165) is 37.4 Å². The lowest BCUT2D eigenvalue weighted by atomic mass is 9.82. The summed E-state index contributed by atoms with van der Waals surface area (Å²) in [6.07, 6.45) is 2.87. The monoisotopic (exact) mass is 444 g/mol. The second-order valence-corrected chi connectivity index (χ2v) is 8.48. The maximum Gasteiger partial charge on any atom is 0.225 e. The number of hydrogen-bond acceptors (Lipinski definition) is 7. The molecule has 0 saturated carbocycles. The number of ether oxygens (including phenoxy) is 2. The van der Waals surface area contributed by atoms with Crippen LogP contribution in [-0.4, -0.2) is 56.1 Å². The Hall–Kier alpha value is -3.61. The molecule has 1 aromatic heterocycles. The van der Waals surface area contributed by atoms with E-state index in [4.69, 9.17) is 14.5 Å². The molecule has 1 atom stereocenters. The van der Waals surface area contributed by atoms with Crippen LogP contribution in [0.1, 0.15) is 34.0 Å². The first-order valence-electron chi connectivity index (χ1n) is 11.3. The van der Waals surface area contributed by atoms with E-state index in [1.807, 2.05) is 24.3 Å². The van der Waals surface area contributed by atoms with Crippen molar-refractivity contribution < 1.29 is 14.3 Å². The first kappa shape index (κ1) is 21.2. The summed E-state index contributed by atoms with van der Waals surface area (Å²) in [5.41, 5.74) is 3.79. The maximum atomic E-state index is 12.9. The number of carbonyl (C=O) groups is 1. The number of piperazine rings is 1. The van der Waals surface area contributed by atoms with Crippen molar-refractivity contribution in [3.63, 3.8) is 0 Å². The van der Waals surface area contributed by atoms with Gasteiger partial charge in [0.2, 0.25) is 5.95 Å². The van der Waals surface area contributed by atoms with Gasteiger partial charge in [-0.1, -0.05) is 24.3 Å². The lowest BCUT2D eigenvalue weighted by Crippen LogP contribution is -2.47. The Morgan fingerprint density at radius 2 is 1.61 bits per heavy atom. The van der Waals surface area contributed by atoms with Gasteiger partial charge in [-0.2, -0.15) is 0 Å². The van der Waals surface area contributed by atoms with Gasteiger partial charge in [-0.25, -0.2) is 9.97 Å². The molecule has 0 bridgehead atoms. The number of aromatic nitrogens is 2. The molecule has 1 saturated heterocycles. The Morgan fingerprint density at radius 1 is 0.879 bits per heavy atom. The van der Waals surface area contributed by atoms with Crippen molar-refractivity contribution in [3.05, 3.63) is 71.5 Å². The fraction of sp³-hybridized carbons (Fsp3) is 0.346. The summed E-state index contributed by atoms with van der Waals surface area (Å²) in [6.45, 7) is 3.52. The van der Waals surface area contributed by atoms with Gasteiger partial charge in [0.05, 0.1) is 25.5 Å². The van der Waals surface area contributed by atoms with Crippen LogP contribution in [0.5, 0.6) is 11.5 Å². The molecule has 2 aromatic carbocycles. The van der Waals surface area contributed by atoms with Gasteiger partial charge < -0.3 is 19.3 Å². The highest BCUT2D eigenvalue weighted by Gasteiger charge is 2.30. The van der Waals surface area contributed by atoms with Crippen molar-refractivity contribution in [2.75, 3.05) is 50.2 Å².